The van der Waals surface area contributed by atoms with Crippen LogP contribution < -0.4 is 9.62 Å². The number of nitrogens with zero attached hydrogens (tertiary/aromatic N) is 2. The van der Waals surface area contributed by atoms with Crippen LogP contribution in [0.3, 0.4) is 0 Å². The number of nitrogens with one attached hydrogen (secondary N) is 1. The van der Waals surface area contributed by atoms with Gasteiger partial charge in [0.15, 0.2) is 0 Å². The molecule has 0 saturated heterocycles. The third-order valence-electron chi connectivity index (χ3n) is 5.09. The lowest BCUT2D eigenvalue weighted by atomic mass is 10.1. The molecule has 0 radical (unpaired) electrons. The number of hydrogen-bond acceptors (Lipinski definition) is 4. The minimum Gasteiger partial charge on any atom is -0.354 e. The Kier molecular flexibility index (Phi) is 9.48. The first kappa shape index (κ1) is 26.9. The van der Waals surface area contributed by atoms with Gasteiger partial charge in [-0.05, 0) is 55.2 Å². The third kappa shape index (κ3) is 8.16. The number of halogens is 1. The lowest BCUT2D eigenvalue weighted by Gasteiger charge is -2.31. The number of carbonyl (C=O) groups excluding carboxylic acids is 2. The molecule has 0 spiro atoms. The quantitative estimate of drug-likeness (QED) is 0.500. The molecule has 33 heavy (non-hydrogen) atoms. The SMILES string of the molecule is Cc1cccc(N(CC(=O)N(Cc2ccc(Br)cc2)C(C)C(=O)NCC(C)C)S(C)(=O)=O)c1. The second-order valence-electron chi connectivity index (χ2n) is 8.57. The third-order valence-corrected chi connectivity index (χ3v) is 6.76. The van der Waals surface area contributed by atoms with Gasteiger partial charge in [-0.2, -0.15) is 0 Å². The van der Waals surface area contributed by atoms with Crippen molar-refractivity contribution in [1.82, 2.24) is 10.2 Å². The highest BCUT2D eigenvalue weighted by Gasteiger charge is 2.30. The summed E-state index contributed by atoms with van der Waals surface area (Å²) in [6, 6.07) is 13.6. The average molecular weight is 539 g/mol. The standard InChI is InChI=1S/C24H32BrN3O4S/c1-17(2)14-26-24(30)19(4)27(15-20-9-11-21(25)12-10-20)23(29)16-28(33(5,31)32)22-8-6-7-18(3)13-22/h6-13,17,19H,14-16H2,1-5H3,(H,26,30). The van der Waals surface area contributed by atoms with Gasteiger partial charge in [-0.3, -0.25) is 13.9 Å². The summed E-state index contributed by atoms with van der Waals surface area (Å²) >= 11 is 3.40. The van der Waals surface area contributed by atoms with E-state index in [9.17, 15) is 18.0 Å². The van der Waals surface area contributed by atoms with Crippen LogP contribution in [0.2, 0.25) is 0 Å². The largest absolute Gasteiger partial charge is 0.354 e. The Morgan fingerprint density at radius 3 is 2.24 bits per heavy atom. The molecule has 1 N–H and O–H groups in total. The summed E-state index contributed by atoms with van der Waals surface area (Å²) in [4.78, 5) is 27.7. The van der Waals surface area contributed by atoms with Gasteiger partial charge in [-0.25, -0.2) is 8.42 Å². The van der Waals surface area contributed by atoms with Crippen LogP contribution in [0, 0.1) is 12.8 Å². The van der Waals surface area contributed by atoms with Crippen LogP contribution in [-0.4, -0.2) is 50.5 Å². The number of amides is 2. The molecule has 1 atom stereocenters. The molecular weight excluding hydrogens is 506 g/mol. The summed E-state index contributed by atoms with van der Waals surface area (Å²) in [6.45, 7) is 7.75. The van der Waals surface area contributed by atoms with Crippen molar-refractivity contribution >= 4 is 43.5 Å². The normalized spacial score (nSPS) is 12.3. The van der Waals surface area contributed by atoms with E-state index in [2.05, 4.69) is 21.2 Å². The summed E-state index contributed by atoms with van der Waals surface area (Å²) in [5, 5.41) is 2.86. The highest BCUT2D eigenvalue weighted by atomic mass is 79.9. The molecule has 9 heteroatoms. The van der Waals surface area contributed by atoms with E-state index in [1.165, 1.54) is 4.90 Å². The second-order valence-corrected chi connectivity index (χ2v) is 11.4. The molecule has 0 aliphatic carbocycles. The minimum atomic E-state index is -3.73. The molecule has 0 aromatic heterocycles. The number of carbonyl (C=O) groups is 2. The maximum atomic E-state index is 13.4. The first-order valence-corrected chi connectivity index (χ1v) is 13.4. The van der Waals surface area contributed by atoms with Gasteiger partial charge in [0, 0.05) is 17.6 Å². The monoisotopic (exact) mass is 537 g/mol. The van der Waals surface area contributed by atoms with Gasteiger partial charge in [-0.1, -0.05) is 54.0 Å². The van der Waals surface area contributed by atoms with Gasteiger partial charge in [0.05, 0.1) is 11.9 Å². The van der Waals surface area contributed by atoms with Crippen molar-refractivity contribution < 1.29 is 18.0 Å². The van der Waals surface area contributed by atoms with Gasteiger partial charge < -0.3 is 10.2 Å². The molecular formula is C24H32BrN3O4S. The van der Waals surface area contributed by atoms with Crippen LogP contribution in [0.25, 0.3) is 0 Å². The first-order chi connectivity index (χ1) is 15.4. The van der Waals surface area contributed by atoms with Crippen LogP contribution in [0.1, 0.15) is 31.9 Å². The highest BCUT2D eigenvalue weighted by molar-refractivity contribution is 9.10. The summed E-state index contributed by atoms with van der Waals surface area (Å²) in [6.07, 6.45) is 1.07. The van der Waals surface area contributed by atoms with E-state index in [1.54, 1.807) is 25.1 Å². The molecule has 2 aromatic carbocycles. The van der Waals surface area contributed by atoms with E-state index >= 15 is 0 Å². The molecule has 0 aliphatic heterocycles. The van der Waals surface area contributed by atoms with E-state index in [1.807, 2.05) is 51.1 Å². The van der Waals surface area contributed by atoms with E-state index in [0.29, 0.717) is 12.2 Å². The number of hydrogen-bond donors (Lipinski definition) is 1. The molecule has 0 heterocycles. The smallest absolute Gasteiger partial charge is 0.244 e. The minimum absolute atomic E-state index is 0.174. The molecule has 0 fully saturated rings. The predicted octanol–water partition coefficient (Wildman–Crippen LogP) is 3.71. The highest BCUT2D eigenvalue weighted by Crippen LogP contribution is 2.20. The maximum absolute atomic E-state index is 13.4. The average Bonchev–Trinajstić information content (AvgIpc) is 2.73. The van der Waals surface area contributed by atoms with Crippen LogP contribution in [0.15, 0.2) is 53.0 Å². The van der Waals surface area contributed by atoms with E-state index < -0.39 is 28.5 Å². The fraction of sp³-hybridized carbons (Fsp3) is 0.417. The number of sulfonamides is 1. The fourth-order valence-corrected chi connectivity index (χ4v) is 4.32. The topological polar surface area (TPSA) is 86.8 Å². The summed E-state index contributed by atoms with van der Waals surface area (Å²) in [5.41, 5.74) is 2.12. The molecule has 7 nitrogen and oxygen atoms in total. The van der Waals surface area contributed by atoms with E-state index in [-0.39, 0.29) is 18.4 Å². The molecule has 2 amide bonds. The Morgan fingerprint density at radius 2 is 1.70 bits per heavy atom. The first-order valence-electron chi connectivity index (χ1n) is 10.7. The van der Waals surface area contributed by atoms with Crippen molar-refractivity contribution in [3.8, 4) is 0 Å². The number of anilines is 1. The molecule has 0 aliphatic rings. The Morgan fingerprint density at radius 1 is 1.06 bits per heavy atom. The molecule has 0 saturated carbocycles. The predicted molar refractivity (Wildman–Crippen MR) is 135 cm³/mol. The Balaban J connectivity index is 2.35. The van der Waals surface area contributed by atoms with Crippen molar-refractivity contribution in [1.29, 1.82) is 0 Å². The number of benzene rings is 2. The number of aryl methyl sites for hydroxylation is 1. The Bertz CT molecular complexity index is 1070. The van der Waals surface area contributed by atoms with Gasteiger partial charge in [0.1, 0.15) is 12.6 Å². The van der Waals surface area contributed by atoms with Gasteiger partial charge in [0.2, 0.25) is 21.8 Å². The number of rotatable bonds is 10. The van der Waals surface area contributed by atoms with Crippen molar-refractivity contribution in [3.63, 3.8) is 0 Å². The summed E-state index contributed by atoms with van der Waals surface area (Å²) < 4.78 is 27.1. The van der Waals surface area contributed by atoms with E-state index in [0.717, 1.165) is 26.2 Å². The van der Waals surface area contributed by atoms with Crippen molar-refractivity contribution in [3.05, 3.63) is 64.1 Å². The van der Waals surface area contributed by atoms with Gasteiger partial charge in [-0.15, -0.1) is 0 Å². The van der Waals surface area contributed by atoms with Crippen LogP contribution in [-0.2, 0) is 26.2 Å². The zero-order valence-electron chi connectivity index (χ0n) is 19.7. The molecule has 0 bridgehead atoms. The van der Waals surface area contributed by atoms with Crippen LogP contribution >= 0.6 is 15.9 Å². The lowest BCUT2D eigenvalue weighted by Crippen LogP contribution is -2.51. The summed E-state index contributed by atoms with van der Waals surface area (Å²) in [5.74, 6) is -0.480. The molecule has 1 unspecified atom stereocenters. The Labute approximate surface area is 205 Å². The maximum Gasteiger partial charge on any atom is 0.244 e. The van der Waals surface area contributed by atoms with Gasteiger partial charge in [0.25, 0.3) is 0 Å². The molecule has 180 valence electrons. The zero-order valence-corrected chi connectivity index (χ0v) is 22.1. The molecule has 2 rings (SSSR count). The van der Waals surface area contributed by atoms with Crippen LogP contribution in [0.4, 0.5) is 5.69 Å². The molecule has 2 aromatic rings. The van der Waals surface area contributed by atoms with Crippen molar-refractivity contribution in [2.75, 3.05) is 23.7 Å². The van der Waals surface area contributed by atoms with Crippen LogP contribution in [0.5, 0.6) is 0 Å². The van der Waals surface area contributed by atoms with Crippen molar-refractivity contribution in [2.24, 2.45) is 5.92 Å². The zero-order chi connectivity index (χ0) is 24.8. The summed E-state index contributed by atoms with van der Waals surface area (Å²) in [7, 11) is -3.73. The van der Waals surface area contributed by atoms with Crippen molar-refractivity contribution in [2.45, 2.75) is 40.3 Å². The fourth-order valence-electron chi connectivity index (χ4n) is 3.22. The Hall–Kier alpha value is -2.39. The van der Waals surface area contributed by atoms with E-state index in [4.69, 9.17) is 0 Å². The van der Waals surface area contributed by atoms with Gasteiger partial charge >= 0.3 is 0 Å². The second kappa shape index (κ2) is 11.7. The lowest BCUT2D eigenvalue weighted by molar-refractivity contribution is -0.139.